The third-order valence-corrected chi connectivity index (χ3v) is 5.37. The number of ether oxygens (including phenoxy) is 2. The van der Waals surface area contributed by atoms with Crippen LogP contribution in [0.3, 0.4) is 0 Å². The molecular formula is C29H37NO4. The van der Waals surface area contributed by atoms with Gasteiger partial charge in [-0.15, -0.1) is 6.58 Å². The third kappa shape index (κ3) is 7.91. The summed E-state index contributed by atoms with van der Waals surface area (Å²) in [5, 5.41) is 0. The Morgan fingerprint density at radius 1 is 1.03 bits per heavy atom. The van der Waals surface area contributed by atoms with Crippen molar-refractivity contribution in [3.63, 3.8) is 0 Å². The molecule has 0 aliphatic carbocycles. The van der Waals surface area contributed by atoms with Crippen molar-refractivity contribution in [2.45, 2.75) is 65.3 Å². The van der Waals surface area contributed by atoms with Crippen molar-refractivity contribution in [3.8, 4) is 0 Å². The SMILES string of the molecule is C=CC[C@H](C(=O)OC(C)(C)C)[C@H](/C=C/C)N(C(=O)OCc1ccccc1)[C@@H](C)c1ccccc1. The molecule has 0 aliphatic heterocycles. The van der Waals surface area contributed by atoms with E-state index >= 15 is 0 Å². The fourth-order valence-corrected chi connectivity index (χ4v) is 3.77. The van der Waals surface area contributed by atoms with E-state index in [9.17, 15) is 9.59 Å². The highest BCUT2D eigenvalue weighted by molar-refractivity contribution is 5.76. The Morgan fingerprint density at radius 3 is 2.15 bits per heavy atom. The lowest BCUT2D eigenvalue weighted by Crippen LogP contribution is -2.48. The molecular weight excluding hydrogens is 426 g/mol. The van der Waals surface area contributed by atoms with Gasteiger partial charge in [-0.25, -0.2) is 4.79 Å². The molecule has 0 radical (unpaired) electrons. The highest BCUT2D eigenvalue weighted by Crippen LogP contribution is 2.31. The molecule has 2 aromatic rings. The number of allylic oxidation sites excluding steroid dienone is 2. The van der Waals surface area contributed by atoms with Gasteiger partial charge in [0.15, 0.2) is 0 Å². The molecule has 0 saturated carbocycles. The van der Waals surface area contributed by atoms with E-state index in [-0.39, 0.29) is 18.6 Å². The van der Waals surface area contributed by atoms with Gasteiger partial charge in [0.2, 0.25) is 0 Å². The number of rotatable bonds is 10. The van der Waals surface area contributed by atoms with Crippen molar-refractivity contribution in [3.05, 3.63) is 96.6 Å². The fourth-order valence-electron chi connectivity index (χ4n) is 3.77. The number of amides is 1. The number of esters is 1. The van der Waals surface area contributed by atoms with Crippen molar-refractivity contribution >= 4 is 12.1 Å². The van der Waals surface area contributed by atoms with E-state index in [1.807, 2.05) is 107 Å². The highest BCUT2D eigenvalue weighted by Gasteiger charge is 2.39. The maximum absolute atomic E-state index is 13.6. The Hall–Kier alpha value is -3.34. The van der Waals surface area contributed by atoms with Gasteiger partial charge in [0.05, 0.1) is 18.0 Å². The summed E-state index contributed by atoms with van der Waals surface area (Å²) in [6.07, 6.45) is 5.25. The van der Waals surface area contributed by atoms with Crippen molar-refractivity contribution in [2.24, 2.45) is 5.92 Å². The molecule has 0 unspecified atom stereocenters. The minimum Gasteiger partial charge on any atom is -0.460 e. The van der Waals surface area contributed by atoms with Gasteiger partial charge in [0.25, 0.3) is 0 Å². The van der Waals surface area contributed by atoms with E-state index in [4.69, 9.17) is 9.47 Å². The highest BCUT2D eigenvalue weighted by atomic mass is 16.6. The second kappa shape index (κ2) is 12.8. The minimum absolute atomic E-state index is 0.138. The van der Waals surface area contributed by atoms with E-state index < -0.39 is 23.7 Å². The predicted octanol–water partition coefficient (Wildman–Crippen LogP) is 6.87. The summed E-state index contributed by atoms with van der Waals surface area (Å²) >= 11 is 0. The predicted molar refractivity (Wildman–Crippen MR) is 136 cm³/mol. The van der Waals surface area contributed by atoms with Gasteiger partial charge in [0, 0.05) is 0 Å². The van der Waals surface area contributed by atoms with E-state index in [1.54, 1.807) is 11.0 Å². The summed E-state index contributed by atoms with van der Waals surface area (Å²) < 4.78 is 11.5. The lowest BCUT2D eigenvalue weighted by atomic mass is 9.92. The number of nitrogens with zero attached hydrogens (tertiary/aromatic N) is 1. The molecule has 0 saturated heterocycles. The second-order valence-electron chi connectivity index (χ2n) is 9.21. The summed E-state index contributed by atoms with van der Waals surface area (Å²) in [6.45, 7) is 13.3. The topological polar surface area (TPSA) is 55.8 Å². The summed E-state index contributed by atoms with van der Waals surface area (Å²) in [5.74, 6) is -1.01. The maximum Gasteiger partial charge on any atom is 0.411 e. The number of carbonyl (C=O) groups is 2. The molecule has 0 aliphatic rings. The molecule has 2 aromatic carbocycles. The maximum atomic E-state index is 13.6. The zero-order chi connectivity index (χ0) is 25.1. The lowest BCUT2D eigenvalue weighted by molar-refractivity contribution is -0.161. The van der Waals surface area contributed by atoms with Gasteiger partial charge in [-0.2, -0.15) is 0 Å². The van der Waals surface area contributed by atoms with Gasteiger partial charge in [-0.1, -0.05) is 78.9 Å². The Labute approximate surface area is 204 Å². The molecule has 0 bridgehead atoms. The van der Waals surface area contributed by atoms with Crippen LogP contribution in [-0.4, -0.2) is 28.6 Å². The van der Waals surface area contributed by atoms with Crippen LogP contribution in [0.2, 0.25) is 0 Å². The minimum atomic E-state index is -0.652. The molecule has 0 aromatic heterocycles. The van der Waals surface area contributed by atoms with Crippen molar-refractivity contribution < 1.29 is 19.1 Å². The lowest BCUT2D eigenvalue weighted by Gasteiger charge is -2.38. The zero-order valence-electron chi connectivity index (χ0n) is 20.9. The summed E-state index contributed by atoms with van der Waals surface area (Å²) in [6, 6.07) is 18.3. The Kier molecular flexibility index (Phi) is 10.1. The second-order valence-corrected chi connectivity index (χ2v) is 9.21. The number of carbonyl (C=O) groups excluding carboxylic acids is 2. The van der Waals surface area contributed by atoms with Crippen LogP contribution >= 0.6 is 0 Å². The fraction of sp³-hybridized carbons (Fsp3) is 0.379. The Bertz CT molecular complexity index is 947. The average molecular weight is 464 g/mol. The van der Waals surface area contributed by atoms with E-state index in [0.717, 1.165) is 11.1 Å². The van der Waals surface area contributed by atoms with E-state index in [1.165, 1.54) is 0 Å². The Balaban J connectivity index is 2.46. The molecule has 0 fully saturated rings. The quantitative estimate of drug-likeness (QED) is 0.285. The first kappa shape index (κ1) is 26.9. The normalized spacial score (nSPS) is 14.1. The van der Waals surface area contributed by atoms with Crippen LogP contribution < -0.4 is 0 Å². The van der Waals surface area contributed by atoms with E-state index in [0.29, 0.717) is 6.42 Å². The summed E-state index contributed by atoms with van der Waals surface area (Å²) in [4.78, 5) is 28.4. The first-order valence-corrected chi connectivity index (χ1v) is 11.7. The van der Waals surface area contributed by atoms with Crippen LogP contribution in [0, 0.1) is 5.92 Å². The molecule has 5 nitrogen and oxygen atoms in total. The zero-order valence-corrected chi connectivity index (χ0v) is 20.9. The number of hydrogen-bond donors (Lipinski definition) is 0. The molecule has 3 atom stereocenters. The standard InChI is InChI=1S/C29H37NO4/c1-7-15-25(27(31)34-29(4,5)6)26(16-8-2)30(22(3)24-19-13-10-14-20-24)28(32)33-21-23-17-11-9-12-18-23/h7-14,16-20,22,25-26H,1,15,21H2,2-6H3/b16-8+/t22-,25-,26-/m0/s1. The smallest absolute Gasteiger partial charge is 0.411 e. The first-order valence-electron chi connectivity index (χ1n) is 11.7. The number of hydrogen-bond acceptors (Lipinski definition) is 4. The molecule has 182 valence electrons. The van der Waals surface area contributed by atoms with Crippen LogP contribution in [0.25, 0.3) is 0 Å². The molecule has 2 rings (SSSR count). The van der Waals surface area contributed by atoms with Crippen LogP contribution in [0.5, 0.6) is 0 Å². The molecule has 5 heteroatoms. The average Bonchev–Trinajstić information content (AvgIpc) is 2.81. The van der Waals surface area contributed by atoms with Crippen molar-refractivity contribution in [1.82, 2.24) is 4.90 Å². The summed E-state index contributed by atoms with van der Waals surface area (Å²) in [5.41, 5.74) is 1.18. The van der Waals surface area contributed by atoms with Gasteiger partial charge >= 0.3 is 12.1 Å². The van der Waals surface area contributed by atoms with Crippen LogP contribution in [0.15, 0.2) is 85.5 Å². The van der Waals surface area contributed by atoms with Crippen LogP contribution in [0.1, 0.15) is 58.2 Å². The first-order chi connectivity index (χ1) is 16.2. The van der Waals surface area contributed by atoms with Gasteiger partial charge in [-0.05, 0) is 52.2 Å². The molecule has 0 spiro atoms. The van der Waals surface area contributed by atoms with Crippen molar-refractivity contribution in [1.29, 1.82) is 0 Å². The van der Waals surface area contributed by atoms with Gasteiger partial charge in [0.1, 0.15) is 12.2 Å². The molecule has 0 N–H and O–H groups in total. The van der Waals surface area contributed by atoms with Crippen LogP contribution in [0.4, 0.5) is 4.79 Å². The van der Waals surface area contributed by atoms with E-state index in [2.05, 4.69) is 6.58 Å². The molecule has 0 heterocycles. The monoisotopic (exact) mass is 463 g/mol. The molecule has 34 heavy (non-hydrogen) atoms. The summed E-state index contributed by atoms with van der Waals surface area (Å²) in [7, 11) is 0. The number of benzene rings is 2. The van der Waals surface area contributed by atoms with Crippen LogP contribution in [-0.2, 0) is 20.9 Å². The van der Waals surface area contributed by atoms with Gasteiger partial charge < -0.3 is 9.47 Å². The third-order valence-electron chi connectivity index (χ3n) is 5.37. The largest absolute Gasteiger partial charge is 0.460 e. The Morgan fingerprint density at radius 2 is 1.62 bits per heavy atom. The van der Waals surface area contributed by atoms with Crippen molar-refractivity contribution in [2.75, 3.05) is 0 Å². The van der Waals surface area contributed by atoms with Gasteiger partial charge in [-0.3, -0.25) is 9.69 Å². The molecule has 1 amide bonds.